The number of nitrogens with zero attached hydrogens (tertiary/aromatic N) is 1. The molecule has 190 valence electrons. The minimum atomic E-state index is -0.835. The smallest absolute Gasteiger partial charge is 0.335 e. The summed E-state index contributed by atoms with van der Waals surface area (Å²) in [5, 5.41) is 2.22. The lowest BCUT2D eigenvalue weighted by Gasteiger charge is -2.26. The van der Waals surface area contributed by atoms with Gasteiger partial charge >= 0.3 is 6.03 Å². The average molecular weight is 567 g/mol. The number of hydrogen-bond donors (Lipinski definition) is 1. The summed E-state index contributed by atoms with van der Waals surface area (Å²) < 4.78 is 25.6. The molecule has 37 heavy (non-hydrogen) atoms. The molecule has 1 saturated heterocycles. The molecule has 0 atom stereocenters. The molecule has 9 heteroatoms. The van der Waals surface area contributed by atoms with Gasteiger partial charge in [0.25, 0.3) is 11.8 Å². The highest BCUT2D eigenvalue weighted by Gasteiger charge is 2.36. The molecular weight excluding hydrogens is 543 g/mol. The SMILES string of the molecule is CCOc1ccc(N2C(=O)NC(=O)/C(=C\c3cc(Br)c(Cc4cccc(F)c4)c(OCC)c3)C2=O)cc1. The van der Waals surface area contributed by atoms with Crippen LogP contribution in [0.15, 0.2) is 70.7 Å². The van der Waals surface area contributed by atoms with Gasteiger partial charge in [0.1, 0.15) is 22.9 Å². The van der Waals surface area contributed by atoms with Gasteiger partial charge in [-0.25, -0.2) is 14.1 Å². The van der Waals surface area contributed by atoms with Crippen LogP contribution in [0.4, 0.5) is 14.9 Å². The van der Waals surface area contributed by atoms with Crippen LogP contribution in [0.2, 0.25) is 0 Å². The van der Waals surface area contributed by atoms with Crippen LogP contribution >= 0.6 is 15.9 Å². The second-order valence-corrected chi connectivity index (χ2v) is 8.96. The fraction of sp³-hybridized carbons (Fsp3) is 0.179. The molecule has 0 saturated carbocycles. The second-order valence-electron chi connectivity index (χ2n) is 8.10. The average Bonchev–Trinajstić information content (AvgIpc) is 2.85. The molecule has 0 aromatic heterocycles. The quantitative estimate of drug-likeness (QED) is 0.281. The van der Waals surface area contributed by atoms with Crippen molar-refractivity contribution in [1.29, 1.82) is 0 Å². The predicted octanol–water partition coefficient (Wildman–Crippen LogP) is 5.64. The first kappa shape index (κ1) is 26.1. The van der Waals surface area contributed by atoms with Crippen molar-refractivity contribution < 1.29 is 28.2 Å². The number of ether oxygens (including phenoxy) is 2. The Labute approximate surface area is 222 Å². The third-order valence-corrected chi connectivity index (χ3v) is 6.27. The van der Waals surface area contributed by atoms with Gasteiger partial charge < -0.3 is 9.47 Å². The van der Waals surface area contributed by atoms with Crippen molar-refractivity contribution in [2.75, 3.05) is 18.1 Å². The summed E-state index contributed by atoms with van der Waals surface area (Å²) in [5.74, 6) is -0.766. The Bertz CT molecular complexity index is 1390. The van der Waals surface area contributed by atoms with E-state index in [0.29, 0.717) is 46.9 Å². The molecule has 1 aliphatic rings. The lowest BCUT2D eigenvalue weighted by molar-refractivity contribution is -0.122. The van der Waals surface area contributed by atoms with E-state index in [1.165, 1.54) is 18.2 Å². The third-order valence-electron chi connectivity index (χ3n) is 5.57. The van der Waals surface area contributed by atoms with Gasteiger partial charge in [-0.2, -0.15) is 0 Å². The van der Waals surface area contributed by atoms with E-state index in [0.717, 1.165) is 16.0 Å². The van der Waals surface area contributed by atoms with E-state index in [9.17, 15) is 18.8 Å². The van der Waals surface area contributed by atoms with Gasteiger partial charge in [-0.15, -0.1) is 0 Å². The standard InChI is InChI=1S/C28H24BrFN2O5/c1-3-36-21-10-8-20(9-11-21)32-27(34)23(26(33)31-28(32)35)14-18-15-24(29)22(25(16-18)37-4-2)13-17-6-5-7-19(30)12-17/h5-12,14-16H,3-4,13H2,1-2H3,(H,31,33,35)/b23-14+. The minimum absolute atomic E-state index is 0.208. The van der Waals surface area contributed by atoms with E-state index in [2.05, 4.69) is 21.2 Å². The third kappa shape index (κ3) is 5.89. The van der Waals surface area contributed by atoms with Crippen LogP contribution in [-0.4, -0.2) is 31.1 Å². The van der Waals surface area contributed by atoms with E-state index in [-0.39, 0.29) is 11.4 Å². The number of carbonyl (C=O) groups excluding carboxylic acids is 3. The Balaban J connectivity index is 1.68. The van der Waals surface area contributed by atoms with Crippen LogP contribution in [0.3, 0.4) is 0 Å². The molecule has 4 amide bonds. The van der Waals surface area contributed by atoms with Gasteiger partial charge in [-0.05, 0) is 79.6 Å². The first-order chi connectivity index (χ1) is 17.8. The maximum Gasteiger partial charge on any atom is 0.335 e. The zero-order valence-electron chi connectivity index (χ0n) is 20.2. The van der Waals surface area contributed by atoms with Crippen LogP contribution in [0.25, 0.3) is 6.08 Å². The summed E-state index contributed by atoms with van der Waals surface area (Å²) in [4.78, 5) is 39.3. The highest BCUT2D eigenvalue weighted by Crippen LogP contribution is 2.33. The minimum Gasteiger partial charge on any atom is -0.494 e. The Morgan fingerprint density at radius 1 is 0.973 bits per heavy atom. The van der Waals surface area contributed by atoms with E-state index in [1.807, 2.05) is 19.9 Å². The van der Waals surface area contributed by atoms with Crippen LogP contribution in [0.5, 0.6) is 11.5 Å². The summed E-state index contributed by atoms with van der Waals surface area (Å²) in [5.41, 5.74) is 2.16. The van der Waals surface area contributed by atoms with E-state index >= 15 is 0 Å². The number of carbonyl (C=O) groups is 3. The fourth-order valence-electron chi connectivity index (χ4n) is 3.94. The lowest BCUT2D eigenvalue weighted by atomic mass is 10.0. The topological polar surface area (TPSA) is 84.9 Å². The van der Waals surface area contributed by atoms with E-state index < -0.39 is 17.8 Å². The Kier molecular flexibility index (Phi) is 8.03. The van der Waals surface area contributed by atoms with Crippen molar-refractivity contribution in [1.82, 2.24) is 5.32 Å². The van der Waals surface area contributed by atoms with Gasteiger partial charge in [-0.1, -0.05) is 28.1 Å². The van der Waals surface area contributed by atoms with Crippen LogP contribution < -0.4 is 19.7 Å². The number of hydrogen-bond acceptors (Lipinski definition) is 5. The molecule has 0 aliphatic carbocycles. The number of nitrogens with one attached hydrogen (secondary N) is 1. The molecule has 1 fully saturated rings. The maximum atomic E-state index is 13.7. The molecule has 7 nitrogen and oxygen atoms in total. The zero-order chi connectivity index (χ0) is 26.5. The number of urea groups is 1. The summed E-state index contributed by atoms with van der Waals surface area (Å²) in [6.45, 7) is 4.54. The summed E-state index contributed by atoms with van der Waals surface area (Å²) in [6, 6.07) is 15.3. The van der Waals surface area contributed by atoms with Crippen molar-refractivity contribution in [2.45, 2.75) is 20.3 Å². The van der Waals surface area contributed by atoms with E-state index in [1.54, 1.807) is 42.5 Å². The molecule has 3 aromatic carbocycles. The molecule has 0 spiro atoms. The molecule has 0 unspecified atom stereocenters. The van der Waals surface area contributed by atoms with E-state index in [4.69, 9.17) is 9.47 Å². The van der Waals surface area contributed by atoms with Gasteiger partial charge in [0.05, 0.1) is 18.9 Å². The van der Waals surface area contributed by atoms with Crippen molar-refractivity contribution >= 4 is 45.5 Å². The Morgan fingerprint density at radius 2 is 1.70 bits per heavy atom. The lowest BCUT2D eigenvalue weighted by Crippen LogP contribution is -2.54. The van der Waals surface area contributed by atoms with Gasteiger partial charge in [-0.3, -0.25) is 14.9 Å². The predicted molar refractivity (Wildman–Crippen MR) is 141 cm³/mol. The first-order valence-corrected chi connectivity index (χ1v) is 12.4. The number of rotatable bonds is 8. The van der Waals surface area contributed by atoms with Gasteiger partial charge in [0, 0.05) is 16.5 Å². The second kappa shape index (κ2) is 11.4. The van der Waals surface area contributed by atoms with Gasteiger partial charge in [0.15, 0.2) is 0 Å². The highest BCUT2D eigenvalue weighted by molar-refractivity contribution is 9.10. The molecule has 3 aromatic rings. The fourth-order valence-corrected chi connectivity index (χ4v) is 4.54. The zero-order valence-corrected chi connectivity index (χ0v) is 21.8. The van der Waals surface area contributed by atoms with Crippen LogP contribution in [-0.2, 0) is 16.0 Å². The van der Waals surface area contributed by atoms with Crippen molar-refractivity contribution in [2.24, 2.45) is 0 Å². The largest absolute Gasteiger partial charge is 0.494 e. The number of anilines is 1. The number of benzene rings is 3. The van der Waals surface area contributed by atoms with Crippen molar-refractivity contribution in [3.8, 4) is 11.5 Å². The molecular formula is C28H24BrFN2O5. The molecule has 1 aliphatic heterocycles. The molecule has 4 rings (SSSR count). The molecule has 1 heterocycles. The monoisotopic (exact) mass is 566 g/mol. The molecule has 0 bridgehead atoms. The number of amides is 4. The molecule has 1 N–H and O–H groups in total. The number of barbiturate groups is 1. The normalized spacial score (nSPS) is 14.6. The van der Waals surface area contributed by atoms with Crippen molar-refractivity contribution in [3.05, 3.63) is 93.2 Å². The summed E-state index contributed by atoms with van der Waals surface area (Å²) >= 11 is 3.55. The molecule has 0 radical (unpaired) electrons. The maximum absolute atomic E-state index is 13.7. The number of halogens is 2. The first-order valence-electron chi connectivity index (χ1n) is 11.6. The van der Waals surface area contributed by atoms with Crippen LogP contribution in [0, 0.1) is 5.82 Å². The Hall–Kier alpha value is -3.98. The van der Waals surface area contributed by atoms with Gasteiger partial charge in [0.2, 0.25) is 0 Å². The summed E-state index contributed by atoms with van der Waals surface area (Å²) in [7, 11) is 0. The van der Waals surface area contributed by atoms with Crippen molar-refractivity contribution in [3.63, 3.8) is 0 Å². The highest BCUT2D eigenvalue weighted by atomic mass is 79.9. The number of imide groups is 2. The summed E-state index contributed by atoms with van der Waals surface area (Å²) in [6.07, 6.45) is 1.81. The van der Waals surface area contributed by atoms with Crippen LogP contribution in [0.1, 0.15) is 30.5 Å². The Morgan fingerprint density at radius 3 is 2.38 bits per heavy atom.